The predicted molar refractivity (Wildman–Crippen MR) is 72.5 cm³/mol. The molecule has 0 aromatic carbocycles. The molecule has 0 amide bonds. The van der Waals surface area contributed by atoms with Crippen LogP contribution in [0.3, 0.4) is 0 Å². The number of imidazole rings is 1. The van der Waals surface area contributed by atoms with Crippen molar-refractivity contribution in [3.63, 3.8) is 0 Å². The van der Waals surface area contributed by atoms with Crippen molar-refractivity contribution >= 4 is 12.2 Å². The minimum absolute atomic E-state index is 0.134. The minimum atomic E-state index is 0.134. The van der Waals surface area contributed by atoms with Gasteiger partial charge in [-0.3, -0.25) is 0 Å². The topological polar surface area (TPSA) is 20.7 Å². The molecule has 1 rings (SSSR count). The molecule has 2 unspecified atom stereocenters. The second-order valence-corrected chi connectivity index (χ2v) is 6.11. The van der Waals surface area contributed by atoms with Gasteiger partial charge in [0.1, 0.15) is 0 Å². The molecule has 0 aliphatic carbocycles. The van der Waals surface area contributed by atoms with Crippen molar-refractivity contribution < 1.29 is 0 Å². The Hall–Kier alpha value is -0.570. The number of aromatic amines is 1. The standard InChI is InChI=1S/C13H24N2S/c1-7-9(2)10(3)15-11(13(4,5)6)8-14-12(15)16/h8-10H,7H2,1-6H3,(H,14,16). The van der Waals surface area contributed by atoms with Gasteiger partial charge >= 0.3 is 0 Å². The second kappa shape index (κ2) is 4.74. The Morgan fingerprint density at radius 3 is 2.38 bits per heavy atom. The molecule has 16 heavy (non-hydrogen) atoms. The summed E-state index contributed by atoms with van der Waals surface area (Å²) in [6, 6.07) is 0.456. The summed E-state index contributed by atoms with van der Waals surface area (Å²) in [7, 11) is 0. The maximum absolute atomic E-state index is 5.39. The molecule has 1 heterocycles. The van der Waals surface area contributed by atoms with Crippen molar-refractivity contribution in [1.82, 2.24) is 9.55 Å². The minimum Gasteiger partial charge on any atom is -0.337 e. The van der Waals surface area contributed by atoms with E-state index in [1.807, 2.05) is 0 Å². The molecule has 92 valence electrons. The van der Waals surface area contributed by atoms with E-state index in [0.717, 1.165) is 4.77 Å². The van der Waals surface area contributed by atoms with E-state index in [1.165, 1.54) is 12.1 Å². The lowest BCUT2D eigenvalue weighted by Gasteiger charge is -2.27. The summed E-state index contributed by atoms with van der Waals surface area (Å²) in [6.07, 6.45) is 3.24. The maximum Gasteiger partial charge on any atom is 0.177 e. The molecule has 1 aromatic heterocycles. The van der Waals surface area contributed by atoms with E-state index in [2.05, 4.69) is 57.3 Å². The molecular formula is C13H24N2S. The third kappa shape index (κ3) is 2.57. The highest BCUT2D eigenvalue weighted by atomic mass is 32.1. The Kier molecular flexibility index (Phi) is 4.00. The zero-order chi connectivity index (χ0) is 12.5. The molecule has 2 nitrogen and oxygen atoms in total. The molecule has 1 aromatic rings. The number of rotatable bonds is 3. The van der Waals surface area contributed by atoms with E-state index in [1.54, 1.807) is 0 Å². The van der Waals surface area contributed by atoms with Crippen LogP contribution in [-0.2, 0) is 5.41 Å². The molecule has 0 saturated carbocycles. The van der Waals surface area contributed by atoms with E-state index in [9.17, 15) is 0 Å². The zero-order valence-electron chi connectivity index (χ0n) is 11.3. The SMILES string of the molecule is CCC(C)C(C)n1c(C(C)(C)C)c[nH]c1=S. The van der Waals surface area contributed by atoms with Crippen LogP contribution < -0.4 is 0 Å². The van der Waals surface area contributed by atoms with Gasteiger partial charge in [-0.05, 0) is 25.1 Å². The monoisotopic (exact) mass is 240 g/mol. The predicted octanol–water partition coefficient (Wildman–Crippen LogP) is 4.45. The van der Waals surface area contributed by atoms with Crippen LogP contribution >= 0.6 is 12.2 Å². The fraction of sp³-hybridized carbons (Fsp3) is 0.769. The molecular weight excluding hydrogens is 216 g/mol. The van der Waals surface area contributed by atoms with Gasteiger partial charge in [0.15, 0.2) is 4.77 Å². The lowest BCUT2D eigenvalue weighted by molar-refractivity contribution is 0.344. The van der Waals surface area contributed by atoms with E-state index in [4.69, 9.17) is 12.2 Å². The van der Waals surface area contributed by atoms with Crippen molar-refractivity contribution in [3.05, 3.63) is 16.7 Å². The Morgan fingerprint density at radius 2 is 1.94 bits per heavy atom. The van der Waals surface area contributed by atoms with Crippen LogP contribution in [0, 0.1) is 10.7 Å². The largest absolute Gasteiger partial charge is 0.337 e. The second-order valence-electron chi connectivity index (χ2n) is 5.73. The van der Waals surface area contributed by atoms with Crippen LogP contribution in [0.25, 0.3) is 0 Å². The number of H-pyrrole nitrogens is 1. The van der Waals surface area contributed by atoms with Crippen molar-refractivity contribution in [2.75, 3.05) is 0 Å². The molecule has 0 aliphatic heterocycles. The van der Waals surface area contributed by atoms with Crippen molar-refractivity contribution in [2.24, 2.45) is 5.92 Å². The zero-order valence-corrected chi connectivity index (χ0v) is 12.1. The number of aromatic nitrogens is 2. The van der Waals surface area contributed by atoms with Crippen LogP contribution in [-0.4, -0.2) is 9.55 Å². The third-order valence-corrected chi connectivity index (χ3v) is 3.77. The third-order valence-electron chi connectivity index (χ3n) is 3.45. The molecule has 2 atom stereocenters. The number of hydrogen-bond donors (Lipinski definition) is 1. The Bertz CT molecular complexity index is 395. The Labute approximate surface area is 104 Å². The number of nitrogens with zero attached hydrogens (tertiary/aromatic N) is 1. The van der Waals surface area contributed by atoms with Gasteiger partial charge in [-0.15, -0.1) is 0 Å². The first-order valence-corrected chi connectivity index (χ1v) is 6.50. The van der Waals surface area contributed by atoms with Crippen LogP contribution in [0.5, 0.6) is 0 Å². The number of hydrogen-bond acceptors (Lipinski definition) is 1. The normalized spacial score (nSPS) is 16.1. The Morgan fingerprint density at radius 1 is 1.38 bits per heavy atom. The number of nitrogens with one attached hydrogen (secondary N) is 1. The lowest BCUT2D eigenvalue weighted by Crippen LogP contribution is -2.23. The van der Waals surface area contributed by atoms with Gasteiger partial charge in [-0.2, -0.15) is 0 Å². The average molecular weight is 240 g/mol. The summed E-state index contributed by atoms with van der Waals surface area (Å²) in [4.78, 5) is 3.18. The highest BCUT2D eigenvalue weighted by Gasteiger charge is 2.23. The van der Waals surface area contributed by atoms with Crippen LogP contribution in [0.1, 0.15) is 59.7 Å². The fourth-order valence-corrected chi connectivity index (χ4v) is 2.28. The smallest absolute Gasteiger partial charge is 0.177 e. The summed E-state index contributed by atoms with van der Waals surface area (Å²) < 4.78 is 3.13. The summed E-state index contributed by atoms with van der Waals surface area (Å²) >= 11 is 5.39. The summed E-state index contributed by atoms with van der Waals surface area (Å²) in [6.45, 7) is 13.5. The summed E-state index contributed by atoms with van der Waals surface area (Å²) in [5, 5.41) is 0. The highest BCUT2D eigenvalue weighted by Crippen LogP contribution is 2.29. The van der Waals surface area contributed by atoms with E-state index >= 15 is 0 Å². The Balaban J connectivity index is 3.22. The first-order valence-electron chi connectivity index (χ1n) is 6.09. The molecule has 1 N–H and O–H groups in total. The van der Waals surface area contributed by atoms with Gasteiger partial charge < -0.3 is 9.55 Å². The van der Waals surface area contributed by atoms with Gasteiger partial charge in [0.25, 0.3) is 0 Å². The summed E-state index contributed by atoms with van der Waals surface area (Å²) in [5.41, 5.74) is 1.43. The fourth-order valence-electron chi connectivity index (χ4n) is 1.96. The molecule has 0 radical (unpaired) electrons. The van der Waals surface area contributed by atoms with Gasteiger partial charge in [-0.1, -0.05) is 41.0 Å². The lowest BCUT2D eigenvalue weighted by atomic mass is 9.91. The van der Waals surface area contributed by atoms with E-state index in [-0.39, 0.29) is 5.41 Å². The quantitative estimate of drug-likeness (QED) is 0.774. The van der Waals surface area contributed by atoms with Gasteiger partial charge in [-0.25, -0.2) is 0 Å². The van der Waals surface area contributed by atoms with Crippen molar-refractivity contribution in [3.8, 4) is 0 Å². The first kappa shape index (κ1) is 13.5. The van der Waals surface area contributed by atoms with Crippen LogP contribution in [0.2, 0.25) is 0 Å². The molecule has 0 bridgehead atoms. The highest BCUT2D eigenvalue weighted by molar-refractivity contribution is 7.71. The van der Waals surface area contributed by atoms with Gasteiger partial charge in [0.05, 0.1) is 0 Å². The molecule has 0 spiro atoms. The first-order chi connectivity index (χ1) is 7.29. The van der Waals surface area contributed by atoms with Crippen LogP contribution in [0.15, 0.2) is 6.20 Å². The van der Waals surface area contributed by atoms with Crippen LogP contribution in [0.4, 0.5) is 0 Å². The van der Waals surface area contributed by atoms with Crippen molar-refractivity contribution in [2.45, 2.75) is 59.4 Å². The van der Waals surface area contributed by atoms with Gasteiger partial charge in [0.2, 0.25) is 0 Å². The summed E-state index contributed by atoms with van der Waals surface area (Å²) in [5.74, 6) is 0.642. The molecule has 3 heteroatoms. The van der Waals surface area contributed by atoms with E-state index < -0.39 is 0 Å². The van der Waals surface area contributed by atoms with E-state index in [0.29, 0.717) is 12.0 Å². The molecule has 0 saturated heterocycles. The molecule has 0 aliphatic rings. The maximum atomic E-state index is 5.39. The van der Waals surface area contributed by atoms with Gasteiger partial charge in [0, 0.05) is 23.3 Å². The average Bonchev–Trinajstić information content (AvgIpc) is 2.57. The molecule has 0 fully saturated rings. The van der Waals surface area contributed by atoms with Crippen molar-refractivity contribution in [1.29, 1.82) is 0 Å².